The van der Waals surface area contributed by atoms with Crippen LogP contribution in [0, 0.1) is 17.8 Å². The molecule has 0 aliphatic carbocycles. The van der Waals surface area contributed by atoms with Gasteiger partial charge in [0.05, 0.1) is 17.6 Å². The average molecular weight is 346 g/mol. The molecule has 1 unspecified atom stereocenters. The molecule has 25 heavy (non-hydrogen) atoms. The van der Waals surface area contributed by atoms with Crippen LogP contribution in [-0.4, -0.2) is 41.6 Å². The molecule has 3 N–H and O–H groups in total. The molecule has 2 aliphatic heterocycles. The Kier molecular flexibility index (Phi) is 4.34. The first-order valence-corrected chi connectivity index (χ1v) is 8.65. The van der Waals surface area contributed by atoms with Crippen molar-refractivity contribution in [3.63, 3.8) is 0 Å². The standard InChI is InChI=1S/C18H26N4O3/c1-10-8-22(13-5-6-20-7-12(13)19)9-11-14(16(23)21-15(10)11)17(24)25-18(2,3)4/h5-7,10-11,14-15H,8-9,19H2,1-4H3,(H,21,23)/t10-,11+,14?,15+/m1/s1. The minimum atomic E-state index is -0.780. The minimum absolute atomic E-state index is 0.0238. The van der Waals surface area contributed by atoms with Gasteiger partial charge in [0.2, 0.25) is 5.91 Å². The highest BCUT2D eigenvalue weighted by Gasteiger charge is 2.52. The number of piperidine rings is 1. The Bertz CT molecular complexity index is 685. The van der Waals surface area contributed by atoms with Gasteiger partial charge in [-0.1, -0.05) is 6.92 Å². The Morgan fingerprint density at radius 3 is 2.76 bits per heavy atom. The van der Waals surface area contributed by atoms with Crippen LogP contribution in [0.4, 0.5) is 11.4 Å². The molecule has 3 heterocycles. The van der Waals surface area contributed by atoms with E-state index in [4.69, 9.17) is 10.5 Å². The third-order valence-corrected chi connectivity index (χ3v) is 4.86. The highest BCUT2D eigenvalue weighted by atomic mass is 16.6. The van der Waals surface area contributed by atoms with Crippen LogP contribution < -0.4 is 16.0 Å². The Hall–Kier alpha value is -2.31. The highest BCUT2D eigenvalue weighted by Crippen LogP contribution is 2.37. The summed E-state index contributed by atoms with van der Waals surface area (Å²) in [5.41, 5.74) is 6.93. The number of anilines is 2. The maximum absolute atomic E-state index is 12.6. The molecule has 136 valence electrons. The Morgan fingerprint density at radius 1 is 1.40 bits per heavy atom. The number of nitrogens with one attached hydrogen (secondary N) is 1. The first-order valence-electron chi connectivity index (χ1n) is 8.65. The number of hydrogen-bond donors (Lipinski definition) is 2. The van der Waals surface area contributed by atoms with E-state index in [1.807, 2.05) is 26.8 Å². The molecule has 2 saturated heterocycles. The van der Waals surface area contributed by atoms with Crippen molar-refractivity contribution in [1.82, 2.24) is 10.3 Å². The number of esters is 1. The van der Waals surface area contributed by atoms with E-state index in [0.29, 0.717) is 12.2 Å². The number of rotatable bonds is 2. The number of nitrogens with zero attached hydrogens (tertiary/aromatic N) is 2. The van der Waals surface area contributed by atoms with Crippen molar-refractivity contribution in [3.8, 4) is 0 Å². The number of amides is 1. The molecule has 0 spiro atoms. The van der Waals surface area contributed by atoms with Crippen molar-refractivity contribution in [3.05, 3.63) is 18.5 Å². The van der Waals surface area contributed by atoms with Crippen LogP contribution in [0.5, 0.6) is 0 Å². The summed E-state index contributed by atoms with van der Waals surface area (Å²) in [5, 5.41) is 3.00. The summed E-state index contributed by atoms with van der Waals surface area (Å²) >= 11 is 0. The second kappa shape index (κ2) is 6.20. The van der Waals surface area contributed by atoms with Gasteiger partial charge >= 0.3 is 5.97 Å². The third-order valence-electron chi connectivity index (χ3n) is 4.86. The van der Waals surface area contributed by atoms with Crippen molar-refractivity contribution in [2.24, 2.45) is 17.8 Å². The zero-order chi connectivity index (χ0) is 18.4. The quantitative estimate of drug-likeness (QED) is 0.617. The predicted molar refractivity (Wildman–Crippen MR) is 94.8 cm³/mol. The molecule has 7 heteroatoms. The van der Waals surface area contributed by atoms with E-state index >= 15 is 0 Å². The maximum Gasteiger partial charge on any atom is 0.319 e. The van der Waals surface area contributed by atoms with Crippen molar-refractivity contribution < 1.29 is 14.3 Å². The number of carbonyl (C=O) groups is 2. The summed E-state index contributed by atoms with van der Waals surface area (Å²) < 4.78 is 5.49. The molecule has 1 aromatic heterocycles. The van der Waals surface area contributed by atoms with Gasteiger partial charge < -0.3 is 20.7 Å². The predicted octanol–water partition coefficient (Wildman–Crippen LogP) is 1.19. The van der Waals surface area contributed by atoms with Gasteiger partial charge in [-0.15, -0.1) is 0 Å². The van der Waals surface area contributed by atoms with Gasteiger partial charge in [-0.3, -0.25) is 14.6 Å². The van der Waals surface area contributed by atoms with Crippen molar-refractivity contribution >= 4 is 23.3 Å². The molecule has 2 fully saturated rings. The SMILES string of the molecule is C[C@@H]1CN(c2ccncc2N)C[C@H]2C(C(=O)OC(C)(C)C)C(=O)N[C@@H]12. The van der Waals surface area contributed by atoms with Crippen molar-refractivity contribution in [2.75, 3.05) is 23.7 Å². The number of aromatic nitrogens is 1. The third kappa shape index (κ3) is 3.41. The minimum Gasteiger partial charge on any atom is -0.459 e. The van der Waals surface area contributed by atoms with Gasteiger partial charge in [-0.2, -0.15) is 0 Å². The number of hydrogen-bond acceptors (Lipinski definition) is 6. The number of fused-ring (bicyclic) bond motifs is 1. The Balaban J connectivity index is 1.86. The summed E-state index contributed by atoms with van der Waals surface area (Å²) in [4.78, 5) is 31.2. The van der Waals surface area contributed by atoms with Crippen LogP contribution in [0.1, 0.15) is 27.7 Å². The fourth-order valence-electron chi connectivity index (χ4n) is 3.87. The molecule has 4 atom stereocenters. The molecule has 7 nitrogen and oxygen atoms in total. The molecule has 0 bridgehead atoms. The number of ether oxygens (including phenoxy) is 1. The van der Waals surface area contributed by atoms with E-state index in [1.54, 1.807) is 12.4 Å². The van der Waals surface area contributed by atoms with Gasteiger partial charge in [-0.05, 0) is 32.8 Å². The zero-order valence-electron chi connectivity index (χ0n) is 15.2. The molecule has 0 aromatic carbocycles. The number of nitrogens with two attached hydrogens (primary N) is 1. The maximum atomic E-state index is 12.6. The summed E-state index contributed by atoms with van der Waals surface area (Å²) in [7, 11) is 0. The Morgan fingerprint density at radius 2 is 2.12 bits per heavy atom. The first-order chi connectivity index (χ1) is 11.7. The number of pyridine rings is 1. The van der Waals surface area contributed by atoms with E-state index in [9.17, 15) is 9.59 Å². The lowest BCUT2D eigenvalue weighted by Gasteiger charge is -2.41. The van der Waals surface area contributed by atoms with Crippen LogP contribution in [0.2, 0.25) is 0 Å². The lowest BCUT2D eigenvalue weighted by Crippen LogP contribution is -2.52. The largest absolute Gasteiger partial charge is 0.459 e. The molecule has 2 aliphatic rings. The van der Waals surface area contributed by atoms with Crippen LogP contribution >= 0.6 is 0 Å². The summed E-state index contributed by atoms with van der Waals surface area (Å²) in [6.45, 7) is 8.84. The molecule has 1 aromatic rings. The van der Waals surface area contributed by atoms with E-state index in [2.05, 4.69) is 22.1 Å². The summed E-state index contributed by atoms with van der Waals surface area (Å²) in [5.74, 6) is -1.41. The van der Waals surface area contributed by atoms with Gasteiger partial charge in [-0.25, -0.2) is 0 Å². The fraction of sp³-hybridized carbons (Fsp3) is 0.611. The first kappa shape index (κ1) is 17.5. The molecule has 3 rings (SSSR count). The monoisotopic (exact) mass is 346 g/mol. The van der Waals surface area contributed by atoms with Gasteiger partial charge in [0.15, 0.2) is 0 Å². The molecule has 0 radical (unpaired) electrons. The average Bonchev–Trinajstić information content (AvgIpc) is 2.82. The van der Waals surface area contributed by atoms with Crippen molar-refractivity contribution in [2.45, 2.75) is 39.3 Å². The summed E-state index contributed by atoms with van der Waals surface area (Å²) in [6, 6.07) is 1.85. The van der Waals surface area contributed by atoms with E-state index < -0.39 is 17.5 Å². The highest BCUT2D eigenvalue weighted by molar-refractivity contribution is 6.00. The smallest absolute Gasteiger partial charge is 0.319 e. The molecule has 1 amide bonds. The molecular formula is C18H26N4O3. The van der Waals surface area contributed by atoms with E-state index in [0.717, 1.165) is 12.2 Å². The zero-order valence-corrected chi connectivity index (χ0v) is 15.2. The summed E-state index contributed by atoms with van der Waals surface area (Å²) in [6.07, 6.45) is 3.32. The molecular weight excluding hydrogens is 320 g/mol. The normalized spacial score (nSPS) is 29.1. The van der Waals surface area contributed by atoms with E-state index in [-0.39, 0.29) is 23.8 Å². The van der Waals surface area contributed by atoms with Crippen molar-refractivity contribution in [1.29, 1.82) is 0 Å². The van der Waals surface area contributed by atoms with E-state index in [1.165, 1.54) is 0 Å². The fourth-order valence-corrected chi connectivity index (χ4v) is 3.87. The number of nitrogen functional groups attached to an aromatic ring is 1. The van der Waals surface area contributed by atoms with Crippen LogP contribution in [0.15, 0.2) is 18.5 Å². The topological polar surface area (TPSA) is 97.6 Å². The second-order valence-corrected chi connectivity index (χ2v) is 8.03. The number of carbonyl (C=O) groups excluding carboxylic acids is 2. The lowest BCUT2D eigenvalue weighted by molar-refractivity contribution is -0.163. The van der Waals surface area contributed by atoms with Crippen LogP contribution in [0.3, 0.4) is 0 Å². The van der Waals surface area contributed by atoms with Gasteiger partial charge in [0.25, 0.3) is 0 Å². The molecule has 0 saturated carbocycles. The van der Waals surface area contributed by atoms with Crippen LogP contribution in [-0.2, 0) is 14.3 Å². The van der Waals surface area contributed by atoms with Crippen LogP contribution in [0.25, 0.3) is 0 Å². The lowest BCUT2D eigenvalue weighted by atomic mass is 9.80. The Labute approximate surface area is 147 Å². The van der Waals surface area contributed by atoms with Gasteiger partial charge in [0.1, 0.15) is 11.5 Å². The second-order valence-electron chi connectivity index (χ2n) is 8.03. The van der Waals surface area contributed by atoms with Gasteiger partial charge in [0, 0.05) is 31.2 Å².